The predicted molar refractivity (Wildman–Crippen MR) is 124 cm³/mol. The fourth-order valence-electron chi connectivity index (χ4n) is 3.04. The van der Waals surface area contributed by atoms with Gasteiger partial charge in [0.05, 0.1) is 31.3 Å². The molecule has 0 aliphatic carbocycles. The van der Waals surface area contributed by atoms with Gasteiger partial charge in [0.2, 0.25) is 10.0 Å². The van der Waals surface area contributed by atoms with Crippen molar-refractivity contribution < 1.29 is 31.1 Å². The number of methoxy groups -OCH3 is 1. The van der Waals surface area contributed by atoms with Gasteiger partial charge in [0.25, 0.3) is 0 Å². The van der Waals surface area contributed by atoms with Crippen molar-refractivity contribution in [2.24, 2.45) is 0 Å². The summed E-state index contributed by atoms with van der Waals surface area (Å²) >= 11 is 5.95. The summed E-state index contributed by atoms with van der Waals surface area (Å²) < 4.78 is 70.9. The third-order valence-electron chi connectivity index (χ3n) is 4.63. The fraction of sp³-hybridized carbons (Fsp3) is 0.238. The predicted octanol–water partition coefficient (Wildman–Crippen LogP) is 3.92. The van der Waals surface area contributed by atoms with E-state index in [1.54, 1.807) is 18.2 Å². The average Bonchev–Trinajstić information content (AvgIpc) is 3.21. The van der Waals surface area contributed by atoms with Crippen molar-refractivity contribution in [1.82, 2.24) is 19.8 Å². The molecule has 0 saturated carbocycles. The third kappa shape index (κ3) is 7.34. The van der Waals surface area contributed by atoms with E-state index < -0.39 is 27.9 Å². The van der Waals surface area contributed by atoms with E-state index >= 15 is 0 Å². The summed E-state index contributed by atoms with van der Waals surface area (Å²) in [6.45, 7) is -0.279. The van der Waals surface area contributed by atoms with Crippen molar-refractivity contribution in [3.8, 4) is 11.4 Å². The van der Waals surface area contributed by atoms with Crippen LogP contribution in [0.25, 0.3) is 5.69 Å². The second kappa shape index (κ2) is 10.5. The van der Waals surface area contributed by atoms with Crippen LogP contribution in [0.1, 0.15) is 17.0 Å². The van der Waals surface area contributed by atoms with Gasteiger partial charge in [-0.1, -0.05) is 23.7 Å². The molecule has 2 amide bonds. The van der Waals surface area contributed by atoms with Crippen LogP contribution in [0.15, 0.2) is 48.5 Å². The van der Waals surface area contributed by atoms with Gasteiger partial charge in [-0.3, -0.25) is 0 Å². The van der Waals surface area contributed by atoms with Gasteiger partial charge in [0.15, 0.2) is 5.69 Å². The maximum atomic E-state index is 13.2. The van der Waals surface area contributed by atoms with Crippen molar-refractivity contribution in [2.45, 2.75) is 19.3 Å². The molecule has 0 bridgehead atoms. The summed E-state index contributed by atoms with van der Waals surface area (Å²) in [7, 11) is -2.03. The number of benzene rings is 2. The number of hydrogen-bond donors (Lipinski definition) is 3. The number of carbonyl (C=O) groups excluding carboxylic acids is 1. The minimum Gasteiger partial charge on any atom is -0.496 e. The highest BCUT2D eigenvalue weighted by atomic mass is 35.5. The van der Waals surface area contributed by atoms with Crippen molar-refractivity contribution >= 4 is 33.3 Å². The molecule has 1 aromatic heterocycles. The number of hydrogen-bond acceptors (Lipinski definition) is 5. The number of carbonyl (C=O) groups is 1. The molecule has 14 heteroatoms. The van der Waals surface area contributed by atoms with Crippen LogP contribution in [0.4, 0.5) is 23.7 Å². The van der Waals surface area contributed by atoms with Crippen LogP contribution < -0.4 is 20.1 Å². The highest BCUT2D eigenvalue weighted by molar-refractivity contribution is 7.88. The first-order valence-electron chi connectivity index (χ1n) is 9.94. The number of amides is 2. The summed E-state index contributed by atoms with van der Waals surface area (Å²) in [6.07, 6.45) is -3.65. The molecule has 0 aliphatic heterocycles. The lowest BCUT2D eigenvalue weighted by Gasteiger charge is -2.13. The molecule has 0 spiro atoms. The minimum atomic E-state index is -4.68. The number of urea groups is 1. The van der Waals surface area contributed by atoms with E-state index in [1.165, 1.54) is 31.4 Å². The molecule has 9 nitrogen and oxygen atoms in total. The summed E-state index contributed by atoms with van der Waals surface area (Å²) in [6, 6.07) is 10.8. The van der Waals surface area contributed by atoms with Crippen LogP contribution in [-0.2, 0) is 29.3 Å². The van der Waals surface area contributed by atoms with Gasteiger partial charge in [0.1, 0.15) is 5.75 Å². The van der Waals surface area contributed by atoms with Crippen LogP contribution in [0.2, 0.25) is 5.02 Å². The molecule has 0 unspecified atom stereocenters. The Morgan fingerprint density at radius 3 is 2.51 bits per heavy atom. The number of sulfonamides is 1. The smallest absolute Gasteiger partial charge is 0.435 e. The standard InChI is InChI=1S/C21H21ClF3N5O4S/c1-34-18-9-15(7-6-13(18)11-27-35(2,32)33)28-20(31)26-12-17-10-19(21(23,24)25)29-30(17)16-5-3-4-14(22)8-16/h3-10,27H,11-12H2,1-2H3,(H2,26,28,31). The Bertz CT molecular complexity index is 1330. The van der Waals surface area contributed by atoms with Crippen molar-refractivity contribution in [2.75, 3.05) is 18.7 Å². The van der Waals surface area contributed by atoms with Crippen molar-refractivity contribution in [3.05, 3.63) is 70.5 Å². The third-order valence-corrected chi connectivity index (χ3v) is 5.53. The van der Waals surface area contributed by atoms with E-state index in [4.69, 9.17) is 16.3 Å². The second-order valence-corrected chi connectivity index (χ2v) is 9.61. The Morgan fingerprint density at radius 1 is 1.14 bits per heavy atom. The summed E-state index contributed by atoms with van der Waals surface area (Å²) in [4.78, 5) is 12.4. The minimum absolute atomic E-state index is 0.0104. The molecular formula is C21H21ClF3N5O4S. The van der Waals surface area contributed by atoms with Gasteiger partial charge in [0, 0.05) is 28.9 Å². The molecule has 3 rings (SSSR count). The molecule has 0 fully saturated rings. The van der Waals surface area contributed by atoms with Gasteiger partial charge < -0.3 is 15.4 Å². The number of rotatable bonds is 8. The maximum absolute atomic E-state index is 13.2. The molecule has 188 valence electrons. The first-order valence-corrected chi connectivity index (χ1v) is 12.2. The number of nitrogens with zero attached hydrogens (tertiary/aromatic N) is 2. The number of anilines is 1. The summed E-state index contributed by atoms with van der Waals surface area (Å²) in [5, 5.41) is 8.97. The highest BCUT2D eigenvalue weighted by Gasteiger charge is 2.35. The number of aromatic nitrogens is 2. The largest absolute Gasteiger partial charge is 0.496 e. The molecule has 3 aromatic rings. The maximum Gasteiger partial charge on any atom is 0.435 e. The lowest BCUT2D eigenvalue weighted by molar-refractivity contribution is -0.141. The van der Waals surface area contributed by atoms with Crippen LogP contribution in [0.3, 0.4) is 0 Å². The lowest BCUT2D eigenvalue weighted by atomic mass is 10.2. The van der Waals surface area contributed by atoms with Gasteiger partial charge in [-0.05, 0) is 30.3 Å². The van der Waals surface area contributed by atoms with E-state index in [0.717, 1.165) is 17.0 Å². The molecule has 0 aliphatic rings. The molecule has 3 N–H and O–H groups in total. The fourth-order valence-corrected chi connectivity index (χ4v) is 3.64. The highest BCUT2D eigenvalue weighted by Crippen LogP contribution is 2.30. The Kier molecular flexibility index (Phi) is 7.93. The zero-order chi connectivity index (χ0) is 25.8. The second-order valence-electron chi connectivity index (χ2n) is 7.34. The Labute approximate surface area is 204 Å². The molecular weight excluding hydrogens is 511 g/mol. The number of ether oxygens (including phenoxy) is 1. The van der Waals surface area contributed by atoms with Gasteiger partial charge in [-0.25, -0.2) is 22.6 Å². The first kappa shape index (κ1) is 26.3. The van der Waals surface area contributed by atoms with E-state index in [0.29, 0.717) is 27.7 Å². The topological polar surface area (TPSA) is 114 Å². The Hall–Kier alpha value is -3.29. The van der Waals surface area contributed by atoms with Crippen molar-refractivity contribution in [3.63, 3.8) is 0 Å². The van der Waals surface area contributed by atoms with Crippen LogP contribution >= 0.6 is 11.6 Å². The Morgan fingerprint density at radius 2 is 1.89 bits per heavy atom. The van der Waals surface area contributed by atoms with Crippen LogP contribution in [0, 0.1) is 0 Å². The summed E-state index contributed by atoms with van der Waals surface area (Å²) in [5.74, 6) is 0.327. The number of alkyl halides is 3. The molecule has 0 saturated heterocycles. The van der Waals surface area contributed by atoms with E-state index in [2.05, 4.69) is 20.5 Å². The lowest BCUT2D eigenvalue weighted by Crippen LogP contribution is -2.29. The zero-order valence-electron chi connectivity index (χ0n) is 18.5. The number of nitrogens with one attached hydrogen (secondary N) is 3. The number of halogens is 4. The zero-order valence-corrected chi connectivity index (χ0v) is 20.1. The van der Waals surface area contributed by atoms with Gasteiger partial charge >= 0.3 is 12.2 Å². The van der Waals surface area contributed by atoms with Crippen LogP contribution in [0.5, 0.6) is 5.75 Å². The van der Waals surface area contributed by atoms with Crippen molar-refractivity contribution in [1.29, 1.82) is 0 Å². The quantitative estimate of drug-likeness (QED) is 0.407. The van der Waals surface area contributed by atoms with Crippen LogP contribution in [-0.4, -0.2) is 37.6 Å². The molecule has 2 aromatic carbocycles. The van der Waals surface area contributed by atoms with Gasteiger partial charge in [-0.15, -0.1) is 0 Å². The summed E-state index contributed by atoms with van der Waals surface area (Å²) in [5.41, 5.74) is 0.122. The van der Waals surface area contributed by atoms with Gasteiger partial charge in [-0.2, -0.15) is 18.3 Å². The van der Waals surface area contributed by atoms with E-state index in [9.17, 15) is 26.4 Å². The molecule has 35 heavy (non-hydrogen) atoms. The normalized spacial score (nSPS) is 11.8. The molecule has 0 radical (unpaired) electrons. The average molecular weight is 532 g/mol. The molecule has 1 heterocycles. The monoisotopic (exact) mass is 531 g/mol. The van der Waals surface area contributed by atoms with E-state index in [1.807, 2.05) is 0 Å². The SMILES string of the molecule is COc1cc(NC(=O)NCc2cc(C(F)(F)F)nn2-c2cccc(Cl)c2)ccc1CNS(C)(=O)=O. The Balaban J connectivity index is 1.73. The molecule has 0 atom stereocenters. The first-order chi connectivity index (χ1) is 16.4. The van der Waals surface area contributed by atoms with E-state index in [-0.39, 0.29) is 18.8 Å².